The van der Waals surface area contributed by atoms with Crippen LogP contribution in [-0.2, 0) is 0 Å². The molecule has 11 rings (SSSR count). The van der Waals surface area contributed by atoms with Gasteiger partial charge in [-0.15, -0.1) is 0 Å². The van der Waals surface area contributed by atoms with Gasteiger partial charge in [0.15, 0.2) is 0 Å². The SMILES string of the molecule is C1=Cc2nc1c(-c1ccccc1)c1nc(c(-c3ccccc3)c3ccc([nH]3)c(-c3ccccc3)c3ccc([nH]3)c2-c2ccccc2)C=C1.O=C(O)c1ccccc1.O=C(O)c1ccccc1.[Sn]. The van der Waals surface area contributed by atoms with E-state index in [1.165, 1.54) is 0 Å². The van der Waals surface area contributed by atoms with E-state index in [9.17, 15) is 9.59 Å². The number of H-pyrrole nitrogens is 2. The summed E-state index contributed by atoms with van der Waals surface area (Å²) in [4.78, 5) is 38.7. The van der Waals surface area contributed by atoms with Crippen LogP contribution >= 0.6 is 0 Å². The Bertz CT molecular complexity index is 3200. The largest absolute Gasteiger partial charge is 0.478 e. The third-order valence-electron chi connectivity index (χ3n) is 11.0. The number of hydrogen-bond acceptors (Lipinski definition) is 4. The summed E-state index contributed by atoms with van der Waals surface area (Å²) in [6.45, 7) is 0. The Balaban J connectivity index is 0.000000268. The number of benzene rings is 6. The summed E-state index contributed by atoms with van der Waals surface area (Å²) in [7, 11) is 0. The van der Waals surface area contributed by atoms with Crippen LogP contribution in [-0.4, -0.2) is 66.0 Å². The van der Waals surface area contributed by atoms with Crippen LogP contribution in [0.2, 0.25) is 0 Å². The van der Waals surface area contributed by atoms with Crippen molar-refractivity contribution in [3.63, 3.8) is 0 Å². The molecule has 8 nitrogen and oxygen atoms in total. The molecule has 9 aromatic rings. The van der Waals surface area contributed by atoms with Crippen molar-refractivity contribution in [2.75, 3.05) is 0 Å². The first-order valence-corrected chi connectivity index (χ1v) is 21.4. The van der Waals surface area contributed by atoms with Gasteiger partial charge in [-0.1, -0.05) is 158 Å². The monoisotopic (exact) mass is 978 g/mol. The van der Waals surface area contributed by atoms with Gasteiger partial charge in [0.25, 0.3) is 0 Å². The molecule has 0 amide bonds. The molecule has 6 aromatic carbocycles. The molecule has 9 heteroatoms. The third-order valence-corrected chi connectivity index (χ3v) is 11.0. The summed E-state index contributed by atoms with van der Waals surface area (Å²) >= 11 is 0. The molecule has 4 radical (unpaired) electrons. The molecule has 0 aliphatic carbocycles. The molecule has 3 aromatic heterocycles. The summed E-state index contributed by atoms with van der Waals surface area (Å²) in [6, 6.07) is 67.3. The second kappa shape index (κ2) is 21.1. The van der Waals surface area contributed by atoms with Crippen molar-refractivity contribution in [1.82, 2.24) is 19.9 Å². The summed E-state index contributed by atoms with van der Waals surface area (Å²) in [5, 5.41) is 16.8. The third kappa shape index (κ3) is 10.3. The standard InChI is InChI=1S/C44H30N4.2C7H6O2.Sn/c1-5-13-29(14-6-1)41-33-21-23-35(45-33)42(30-15-7-2-8-16-30)37-25-27-39(47-37)44(32-19-11-4-12-20-32)40-28-26-38(48-40)43(31-17-9-3-10-18-31)36-24-22-34(41)46-36;2*8-7(9)6-4-2-1-3-5-6;/h1-28,45-46H;2*1-5H,(H,8,9);. The van der Waals surface area contributed by atoms with Gasteiger partial charge in [-0.25, -0.2) is 19.6 Å². The number of carboxylic acids is 2. The Labute approximate surface area is 404 Å². The molecule has 0 unspecified atom stereocenters. The molecule has 2 aliphatic rings. The average Bonchev–Trinajstić information content (AvgIpc) is 4.23. The molecule has 5 heterocycles. The number of hydrogen-bond donors (Lipinski definition) is 4. The number of rotatable bonds is 6. The molecule has 0 saturated carbocycles. The molecule has 0 fully saturated rings. The Morgan fingerprint density at radius 1 is 0.313 bits per heavy atom. The summed E-state index contributed by atoms with van der Waals surface area (Å²) in [6.07, 6.45) is 8.50. The van der Waals surface area contributed by atoms with E-state index in [0.29, 0.717) is 11.1 Å². The minimum absolute atomic E-state index is 0. The van der Waals surface area contributed by atoms with Crippen LogP contribution in [0.1, 0.15) is 43.5 Å². The first-order chi connectivity index (χ1) is 32.4. The molecule has 322 valence electrons. The fraction of sp³-hybridized carbons (Fsp3) is 0. The fourth-order valence-electron chi connectivity index (χ4n) is 8.00. The molecule has 4 N–H and O–H groups in total. The summed E-state index contributed by atoms with van der Waals surface area (Å²) in [5.74, 6) is -1.76. The number of carboxylic acid groups (broad SMARTS) is 2. The van der Waals surface area contributed by atoms with E-state index in [1.54, 1.807) is 60.7 Å². The Kier molecular flexibility index (Phi) is 14.2. The van der Waals surface area contributed by atoms with Gasteiger partial charge in [0, 0.05) is 68.2 Å². The number of carbonyl (C=O) groups is 2. The summed E-state index contributed by atoms with van der Waals surface area (Å²) in [5.41, 5.74) is 16.8. The van der Waals surface area contributed by atoms with Crippen LogP contribution in [0.3, 0.4) is 0 Å². The van der Waals surface area contributed by atoms with E-state index in [2.05, 4.69) is 162 Å². The predicted octanol–water partition coefficient (Wildman–Crippen LogP) is 13.7. The zero-order valence-corrected chi connectivity index (χ0v) is 38.9. The van der Waals surface area contributed by atoms with E-state index in [1.807, 2.05) is 18.2 Å². The second-order valence-electron chi connectivity index (χ2n) is 15.3. The van der Waals surface area contributed by atoms with Crippen molar-refractivity contribution in [1.29, 1.82) is 0 Å². The number of aromatic carboxylic acids is 2. The van der Waals surface area contributed by atoms with Crippen molar-refractivity contribution >= 4 is 82.2 Å². The van der Waals surface area contributed by atoms with E-state index in [0.717, 1.165) is 89.4 Å². The Morgan fingerprint density at radius 3 is 0.836 bits per heavy atom. The van der Waals surface area contributed by atoms with Crippen LogP contribution < -0.4 is 0 Å². The van der Waals surface area contributed by atoms with Crippen molar-refractivity contribution in [3.05, 3.63) is 240 Å². The van der Waals surface area contributed by atoms with Gasteiger partial charge in [-0.2, -0.15) is 0 Å². The number of fused-ring (bicyclic) bond motifs is 8. The van der Waals surface area contributed by atoms with Crippen molar-refractivity contribution in [3.8, 4) is 44.5 Å². The Morgan fingerprint density at radius 2 is 0.552 bits per heavy atom. The van der Waals surface area contributed by atoms with Crippen LogP contribution in [0.5, 0.6) is 0 Å². The molecule has 67 heavy (non-hydrogen) atoms. The predicted molar refractivity (Wildman–Crippen MR) is 273 cm³/mol. The van der Waals surface area contributed by atoms with Crippen molar-refractivity contribution in [2.24, 2.45) is 0 Å². The normalized spacial score (nSPS) is 11.0. The number of aromatic nitrogens is 4. The van der Waals surface area contributed by atoms with Gasteiger partial charge in [0.2, 0.25) is 0 Å². The fourth-order valence-corrected chi connectivity index (χ4v) is 8.00. The van der Waals surface area contributed by atoms with Crippen LogP contribution in [0.4, 0.5) is 0 Å². The van der Waals surface area contributed by atoms with Crippen LogP contribution in [0, 0.1) is 0 Å². The van der Waals surface area contributed by atoms with Crippen molar-refractivity contribution in [2.45, 2.75) is 0 Å². The molecular weight excluding hydrogens is 935 g/mol. The van der Waals surface area contributed by atoms with Gasteiger partial charge in [0.05, 0.1) is 33.9 Å². The van der Waals surface area contributed by atoms with Gasteiger partial charge < -0.3 is 20.2 Å². The average molecular weight is 978 g/mol. The van der Waals surface area contributed by atoms with Crippen LogP contribution in [0.25, 0.3) is 90.9 Å². The van der Waals surface area contributed by atoms with E-state index in [-0.39, 0.29) is 23.9 Å². The molecule has 0 spiro atoms. The zero-order valence-electron chi connectivity index (χ0n) is 36.0. The van der Waals surface area contributed by atoms with E-state index in [4.69, 9.17) is 20.2 Å². The minimum Gasteiger partial charge on any atom is -0.478 e. The first-order valence-electron chi connectivity index (χ1n) is 21.4. The quantitative estimate of drug-likeness (QED) is 0.123. The maximum atomic E-state index is 10.2. The maximum Gasteiger partial charge on any atom is 0.335 e. The van der Waals surface area contributed by atoms with Gasteiger partial charge >= 0.3 is 11.9 Å². The second-order valence-corrected chi connectivity index (χ2v) is 15.3. The first kappa shape index (κ1) is 45.2. The molecular formula is C58H42N4O4Sn. The van der Waals surface area contributed by atoms with E-state index >= 15 is 0 Å². The number of aromatic amines is 2. The summed E-state index contributed by atoms with van der Waals surface area (Å²) < 4.78 is 0. The van der Waals surface area contributed by atoms with E-state index < -0.39 is 11.9 Å². The van der Waals surface area contributed by atoms with Crippen LogP contribution in [0.15, 0.2) is 206 Å². The van der Waals surface area contributed by atoms with Gasteiger partial charge in [-0.3, -0.25) is 0 Å². The molecule has 0 atom stereocenters. The number of nitrogens with one attached hydrogen (secondary N) is 2. The number of nitrogens with zero attached hydrogens (tertiary/aromatic N) is 2. The maximum absolute atomic E-state index is 10.2. The van der Waals surface area contributed by atoms with Gasteiger partial charge in [-0.05, 0) is 95.1 Å². The Hall–Kier alpha value is -8.34. The van der Waals surface area contributed by atoms with Gasteiger partial charge in [0.1, 0.15) is 0 Å². The van der Waals surface area contributed by atoms with Crippen molar-refractivity contribution < 1.29 is 19.8 Å². The topological polar surface area (TPSA) is 132 Å². The zero-order chi connectivity index (χ0) is 45.2. The smallest absolute Gasteiger partial charge is 0.335 e. The molecule has 8 bridgehead atoms. The minimum atomic E-state index is -0.879. The molecule has 2 aliphatic heterocycles. The molecule has 0 saturated heterocycles.